The van der Waals surface area contributed by atoms with Crippen molar-refractivity contribution in [1.29, 1.82) is 0 Å². The molecule has 2 aromatic heterocycles. The van der Waals surface area contributed by atoms with Crippen molar-refractivity contribution in [1.82, 2.24) is 15.2 Å². The number of thiophene rings is 1. The van der Waals surface area contributed by atoms with Crippen LogP contribution < -0.4 is 10.5 Å². The van der Waals surface area contributed by atoms with Gasteiger partial charge in [-0.1, -0.05) is 6.07 Å². The molecule has 0 aliphatic carbocycles. The zero-order valence-corrected chi connectivity index (χ0v) is 17.2. The largest absolute Gasteiger partial charge is 0.330 e. The third-order valence-corrected chi connectivity index (χ3v) is 6.79. The molecule has 1 atom stereocenters. The zero-order chi connectivity index (χ0) is 18.6. The highest BCUT2D eigenvalue weighted by Gasteiger charge is 2.27. The Balaban J connectivity index is 0.00000261. The fourth-order valence-electron chi connectivity index (χ4n) is 3.09. The van der Waals surface area contributed by atoms with Crippen molar-refractivity contribution in [3.8, 4) is 0 Å². The lowest BCUT2D eigenvalue weighted by molar-refractivity contribution is 0.0643. The van der Waals surface area contributed by atoms with Crippen LogP contribution >= 0.6 is 23.7 Å². The Kier molecular flexibility index (Phi) is 7.75. The van der Waals surface area contributed by atoms with E-state index in [1.165, 1.54) is 6.07 Å². The second kappa shape index (κ2) is 9.61. The minimum absolute atomic E-state index is 0. The molecule has 1 fully saturated rings. The summed E-state index contributed by atoms with van der Waals surface area (Å²) in [7, 11) is -3.81. The van der Waals surface area contributed by atoms with Crippen LogP contribution in [0.4, 0.5) is 0 Å². The Morgan fingerprint density at radius 3 is 2.81 bits per heavy atom. The van der Waals surface area contributed by atoms with E-state index >= 15 is 0 Å². The third kappa shape index (κ3) is 5.73. The minimum atomic E-state index is -3.81. The molecule has 0 spiro atoms. The number of aromatic nitrogens is 1. The molecule has 148 valence electrons. The van der Waals surface area contributed by atoms with Gasteiger partial charge in [-0.3, -0.25) is 9.78 Å². The van der Waals surface area contributed by atoms with Gasteiger partial charge in [0.1, 0.15) is 4.21 Å². The van der Waals surface area contributed by atoms with Gasteiger partial charge in [0.15, 0.2) is 0 Å². The number of carbonyl (C=O) groups excluding carboxylic acids is 1. The zero-order valence-electron chi connectivity index (χ0n) is 14.7. The highest BCUT2D eigenvalue weighted by molar-refractivity contribution is 7.91. The number of sulfonamides is 1. The second-order valence-corrected chi connectivity index (χ2v) is 8.99. The first-order valence-electron chi connectivity index (χ1n) is 8.48. The maximum atomic E-state index is 13.1. The molecule has 3 N–H and O–H groups in total. The molecule has 3 heterocycles. The number of rotatable bonds is 5. The van der Waals surface area contributed by atoms with Gasteiger partial charge in [-0.05, 0) is 50.6 Å². The molecule has 0 saturated carbocycles. The van der Waals surface area contributed by atoms with Gasteiger partial charge in [0.2, 0.25) is 10.0 Å². The Labute approximate surface area is 169 Å². The quantitative estimate of drug-likeness (QED) is 0.754. The van der Waals surface area contributed by atoms with E-state index < -0.39 is 10.0 Å². The molecular weight excluding hydrogens is 408 g/mol. The number of carbonyl (C=O) groups is 1. The van der Waals surface area contributed by atoms with Crippen molar-refractivity contribution < 1.29 is 13.2 Å². The molecule has 27 heavy (non-hydrogen) atoms. The van der Waals surface area contributed by atoms with Crippen LogP contribution in [0.1, 0.15) is 35.3 Å². The van der Waals surface area contributed by atoms with E-state index in [9.17, 15) is 13.2 Å². The van der Waals surface area contributed by atoms with Crippen LogP contribution in [0.15, 0.2) is 40.1 Å². The molecule has 1 amide bonds. The van der Waals surface area contributed by atoms with Gasteiger partial charge in [-0.2, -0.15) is 0 Å². The average molecular weight is 431 g/mol. The van der Waals surface area contributed by atoms with Gasteiger partial charge in [0.05, 0.1) is 17.8 Å². The van der Waals surface area contributed by atoms with Crippen LogP contribution in [0.2, 0.25) is 0 Å². The van der Waals surface area contributed by atoms with Crippen molar-refractivity contribution >= 4 is 39.7 Å². The van der Waals surface area contributed by atoms with Gasteiger partial charge in [0, 0.05) is 17.6 Å². The predicted molar refractivity (Wildman–Crippen MR) is 108 cm³/mol. The van der Waals surface area contributed by atoms with Crippen molar-refractivity contribution in [2.24, 2.45) is 5.14 Å². The molecule has 1 aliphatic heterocycles. The summed E-state index contributed by atoms with van der Waals surface area (Å²) in [5.74, 6) is -0.186. The molecule has 3 rings (SSSR count). The number of nitrogens with two attached hydrogens (primary N) is 1. The molecule has 0 aromatic carbocycles. The number of primary sulfonamides is 1. The molecule has 0 radical (unpaired) electrons. The van der Waals surface area contributed by atoms with Gasteiger partial charge in [0.25, 0.3) is 5.91 Å². The fraction of sp³-hybridized carbons (Fsp3) is 0.412. The summed E-state index contributed by atoms with van der Waals surface area (Å²) in [6, 6.07) is 7.06. The molecule has 1 saturated heterocycles. The Morgan fingerprint density at radius 1 is 1.33 bits per heavy atom. The SMILES string of the molecule is Cl.NS(=O)(=O)c1cc(C(=O)N(Cc2ccccn2)C2CCCNCC2)cs1. The van der Waals surface area contributed by atoms with Crippen molar-refractivity contribution in [3.05, 3.63) is 47.1 Å². The predicted octanol–water partition coefficient (Wildman–Crippen LogP) is 2.00. The molecule has 10 heteroatoms. The van der Waals surface area contributed by atoms with E-state index in [0.717, 1.165) is 49.4 Å². The van der Waals surface area contributed by atoms with E-state index in [2.05, 4.69) is 10.3 Å². The topological polar surface area (TPSA) is 105 Å². The van der Waals surface area contributed by atoms with E-state index in [1.807, 2.05) is 23.1 Å². The summed E-state index contributed by atoms with van der Waals surface area (Å²) in [5, 5.41) is 10.1. The third-order valence-electron chi connectivity index (χ3n) is 4.41. The molecule has 2 aromatic rings. The average Bonchev–Trinajstić information content (AvgIpc) is 2.98. The maximum absolute atomic E-state index is 13.1. The number of hydrogen-bond acceptors (Lipinski definition) is 6. The molecule has 0 bridgehead atoms. The van der Waals surface area contributed by atoms with Gasteiger partial charge in [-0.15, -0.1) is 23.7 Å². The van der Waals surface area contributed by atoms with Crippen LogP contribution in [0.3, 0.4) is 0 Å². The van der Waals surface area contributed by atoms with Crippen LogP contribution in [-0.4, -0.2) is 43.3 Å². The van der Waals surface area contributed by atoms with Crippen LogP contribution in [-0.2, 0) is 16.6 Å². The van der Waals surface area contributed by atoms with Gasteiger partial charge >= 0.3 is 0 Å². The van der Waals surface area contributed by atoms with Gasteiger partial charge in [-0.25, -0.2) is 13.6 Å². The van der Waals surface area contributed by atoms with Crippen LogP contribution in [0.25, 0.3) is 0 Å². The van der Waals surface area contributed by atoms with Crippen molar-refractivity contribution in [2.75, 3.05) is 13.1 Å². The summed E-state index contributed by atoms with van der Waals surface area (Å²) >= 11 is 0.971. The van der Waals surface area contributed by atoms with Crippen LogP contribution in [0, 0.1) is 0 Å². The lowest BCUT2D eigenvalue weighted by Crippen LogP contribution is -2.40. The molecular formula is C17H23ClN4O3S2. The summed E-state index contributed by atoms with van der Waals surface area (Å²) in [5.41, 5.74) is 1.16. The summed E-state index contributed by atoms with van der Waals surface area (Å²) in [6.45, 7) is 2.18. The number of nitrogens with one attached hydrogen (secondary N) is 1. The van der Waals surface area contributed by atoms with Crippen molar-refractivity contribution in [2.45, 2.75) is 36.1 Å². The smallest absolute Gasteiger partial charge is 0.255 e. The van der Waals surface area contributed by atoms with E-state index in [4.69, 9.17) is 5.14 Å². The lowest BCUT2D eigenvalue weighted by atomic mass is 10.1. The minimum Gasteiger partial charge on any atom is -0.330 e. The van der Waals surface area contributed by atoms with E-state index in [0.29, 0.717) is 12.1 Å². The Morgan fingerprint density at radius 2 is 2.15 bits per heavy atom. The Bertz CT molecular complexity index is 850. The number of hydrogen-bond donors (Lipinski definition) is 2. The van der Waals surface area contributed by atoms with Crippen LogP contribution in [0.5, 0.6) is 0 Å². The number of pyridine rings is 1. The Hall–Kier alpha value is -1.52. The van der Waals surface area contributed by atoms with Crippen molar-refractivity contribution in [3.63, 3.8) is 0 Å². The molecule has 1 unspecified atom stereocenters. The second-order valence-electron chi connectivity index (χ2n) is 6.29. The number of amides is 1. The maximum Gasteiger partial charge on any atom is 0.255 e. The highest BCUT2D eigenvalue weighted by Crippen LogP contribution is 2.24. The first-order valence-corrected chi connectivity index (χ1v) is 10.9. The highest BCUT2D eigenvalue weighted by atomic mass is 35.5. The summed E-state index contributed by atoms with van der Waals surface area (Å²) in [6.07, 6.45) is 4.45. The van der Waals surface area contributed by atoms with Gasteiger partial charge < -0.3 is 10.2 Å². The normalized spacial score (nSPS) is 17.6. The summed E-state index contributed by atoms with van der Waals surface area (Å²) in [4.78, 5) is 19.3. The standard InChI is InChI=1S/C17H22N4O3S2.ClH/c18-26(23,24)16-10-13(12-25-16)17(22)21(11-14-4-1-2-8-20-14)15-5-3-7-19-9-6-15;/h1-2,4,8,10,12,15,19H,3,5-7,9,11H2,(H2,18,23,24);1H. The lowest BCUT2D eigenvalue weighted by Gasteiger charge is -2.30. The van der Waals surface area contributed by atoms with E-state index in [1.54, 1.807) is 11.6 Å². The first-order chi connectivity index (χ1) is 12.4. The summed E-state index contributed by atoms with van der Waals surface area (Å²) < 4.78 is 23.0. The number of nitrogens with zero attached hydrogens (tertiary/aromatic N) is 2. The molecule has 1 aliphatic rings. The first kappa shape index (κ1) is 21.8. The number of halogens is 1. The monoisotopic (exact) mass is 430 g/mol. The van der Waals surface area contributed by atoms with E-state index in [-0.39, 0.29) is 28.6 Å². The fourth-order valence-corrected chi connectivity index (χ4v) is 4.67. The molecule has 7 nitrogen and oxygen atoms in total.